The molecular formula is C20H14F3N3O. The van der Waals surface area contributed by atoms with E-state index in [0.29, 0.717) is 24.6 Å². The molecule has 7 heteroatoms. The average molecular weight is 369 g/mol. The van der Waals surface area contributed by atoms with Gasteiger partial charge >= 0.3 is 6.18 Å². The SMILES string of the molecule is FC(F)(F)c1ccc(CCc2nc(-c3ccc4cnccc4c3)no2)cc1. The van der Waals surface area contributed by atoms with Gasteiger partial charge in [-0.2, -0.15) is 18.2 Å². The molecule has 0 bridgehead atoms. The number of benzene rings is 2. The van der Waals surface area contributed by atoms with Gasteiger partial charge in [0, 0.05) is 29.8 Å². The zero-order valence-corrected chi connectivity index (χ0v) is 14.1. The Morgan fingerprint density at radius 1 is 0.889 bits per heavy atom. The van der Waals surface area contributed by atoms with Crippen LogP contribution in [-0.4, -0.2) is 15.1 Å². The normalized spacial score (nSPS) is 11.8. The van der Waals surface area contributed by atoms with Crippen molar-refractivity contribution in [3.05, 3.63) is 77.9 Å². The van der Waals surface area contributed by atoms with Crippen LogP contribution in [0.4, 0.5) is 13.2 Å². The van der Waals surface area contributed by atoms with Gasteiger partial charge in [-0.3, -0.25) is 4.98 Å². The van der Waals surface area contributed by atoms with Gasteiger partial charge < -0.3 is 4.52 Å². The van der Waals surface area contributed by atoms with Gasteiger partial charge in [0.05, 0.1) is 5.56 Å². The van der Waals surface area contributed by atoms with E-state index < -0.39 is 11.7 Å². The van der Waals surface area contributed by atoms with Crippen LogP contribution in [0, 0.1) is 0 Å². The molecule has 0 N–H and O–H groups in total. The quantitative estimate of drug-likeness (QED) is 0.503. The van der Waals surface area contributed by atoms with Crippen LogP contribution in [0.2, 0.25) is 0 Å². The van der Waals surface area contributed by atoms with Crippen molar-refractivity contribution in [2.75, 3.05) is 0 Å². The highest BCUT2D eigenvalue weighted by Gasteiger charge is 2.29. The smallest absolute Gasteiger partial charge is 0.339 e. The Balaban J connectivity index is 1.46. The van der Waals surface area contributed by atoms with E-state index in [-0.39, 0.29) is 0 Å². The van der Waals surface area contributed by atoms with Crippen LogP contribution in [0.5, 0.6) is 0 Å². The van der Waals surface area contributed by atoms with Gasteiger partial charge in [-0.1, -0.05) is 29.4 Å². The number of aryl methyl sites for hydroxylation is 2. The summed E-state index contributed by atoms with van der Waals surface area (Å²) in [5, 5.41) is 6.05. The fourth-order valence-electron chi connectivity index (χ4n) is 2.81. The molecule has 0 aliphatic carbocycles. The molecule has 4 aromatic rings. The van der Waals surface area contributed by atoms with Crippen molar-refractivity contribution in [2.24, 2.45) is 0 Å². The average Bonchev–Trinajstić information content (AvgIpc) is 3.15. The predicted molar refractivity (Wildman–Crippen MR) is 93.9 cm³/mol. The summed E-state index contributed by atoms with van der Waals surface area (Å²) in [7, 11) is 0. The minimum absolute atomic E-state index is 0.444. The van der Waals surface area contributed by atoms with Gasteiger partial charge in [0.1, 0.15) is 0 Å². The van der Waals surface area contributed by atoms with E-state index >= 15 is 0 Å². The third-order valence-electron chi connectivity index (χ3n) is 4.28. The Morgan fingerprint density at radius 3 is 2.48 bits per heavy atom. The molecule has 2 aromatic heterocycles. The van der Waals surface area contributed by atoms with Crippen molar-refractivity contribution >= 4 is 10.8 Å². The maximum absolute atomic E-state index is 12.6. The Kier molecular flexibility index (Phi) is 4.35. The summed E-state index contributed by atoms with van der Waals surface area (Å²) < 4.78 is 43.1. The number of halogens is 3. The number of pyridine rings is 1. The lowest BCUT2D eigenvalue weighted by Crippen LogP contribution is -2.04. The maximum atomic E-state index is 12.6. The number of aromatic nitrogens is 3. The van der Waals surface area contributed by atoms with Gasteiger partial charge in [0.2, 0.25) is 11.7 Å². The van der Waals surface area contributed by atoms with E-state index in [1.54, 1.807) is 12.4 Å². The molecule has 0 aliphatic rings. The highest BCUT2D eigenvalue weighted by molar-refractivity contribution is 5.85. The molecule has 0 amide bonds. The Labute approximate surface area is 152 Å². The molecule has 0 saturated heterocycles. The number of hydrogen-bond donors (Lipinski definition) is 0. The van der Waals surface area contributed by atoms with Crippen LogP contribution < -0.4 is 0 Å². The number of nitrogens with zero attached hydrogens (tertiary/aromatic N) is 3. The molecule has 0 atom stereocenters. The monoisotopic (exact) mass is 369 g/mol. The van der Waals surface area contributed by atoms with Gasteiger partial charge in [-0.05, 0) is 41.6 Å². The number of fused-ring (bicyclic) bond motifs is 1. The molecule has 0 saturated carbocycles. The molecule has 27 heavy (non-hydrogen) atoms. The lowest BCUT2D eigenvalue weighted by molar-refractivity contribution is -0.137. The van der Waals surface area contributed by atoms with E-state index in [1.165, 1.54) is 12.1 Å². The molecule has 0 unspecified atom stereocenters. The van der Waals surface area contributed by atoms with Gasteiger partial charge in [-0.15, -0.1) is 0 Å². The number of alkyl halides is 3. The van der Waals surface area contributed by atoms with Crippen molar-refractivity contribution in [3.63, 3.8) is 0 Å². The Hall–Kier alpha value is -3.22. The van der Waals surface area contributed by atoms with E-state index in [2.05, 4.69) is 15.1 Å². The first-order valence-electron chi connectivity index (χ1n) is 8.32. The molecule has 0 fully saturated rings. The van der Waals surface area contributed by atoms with Crippen molar-refractivity contribution in [1.29, 1.82) is 0 Å². The lowest BCUT2D eigenvalue weighted by atomic mass is 10.1. The molecular weight excluding hydrogens is 355 g/mol. The van der Waals surface area contributed by atoms with Gasteiger partial charge in [-0.25, -0.2) is 0 Å². The van der Waals surface area contributed by atoms with E-state index in [1.807, 2.05) is 24.3 Å². The summed E-state index contributed by atoms with van der Waals surface area (Å²) in [6, 6.07) is 12.8. The van der Waals surface area contributed by atoms with E-state index in [4.69, 9.17) is 4.52 Å². The Morgan fingerprint density at radius 2 is 1.70 bits per heavy atom. The van der Waals surface area contributed by atoms with Crippen molar-refractivity contribution in [3.8, 4) is 11.4 Å². The minimum Gasteiger partial charge on any atom is -0.339 e. The van der Waals surface area contributed by atoms with Crippen molar-refractivity contribution in [1.82, 2.24) is 15.1 Å². The first-order chi connectivity index (χ1) is 13.0. The van der Waals surface area contributed by atoms with Crippen molar-refractivity contribution < 1.29 is 17.7 Å². The summed E-state index contributed by atoms with van der Waals surface area (Å²) in [6.45, 7) is 0. The Bertz CT molecular complexity index is 1070. The van der Waals surface area contributed by atoms with Gasteiger partial charge in [0.15, 0.2) is 0 Å². The van der Waals surface area contributed by atoms with Gasteiger partial charge in [0.25, 0.3) is 0 Å². The lowest BCUT2D eigenvalue weighted by Gasteiger charge is -2.06. The zero-order valence-electron chi connectivity index (χ0n) is 14.1. The highest BCUT2D eigenvalue weighted by atomic mass is 19.4. The molecule has 2 heterocycles. The molecule has 136 valence electrons. The largest absolute Gasteiger partial charge is 0.416 e. The summed E-state index contributed by atoms with van der Waals surface area (Å²) in [5.74, 6) is 0.927. The molecule has 0 aliphatic heterocycles. The van der Waals surface area contributed by atoms with Crippen LogP contribution >= 0.6 is 0 Å². The summed E-state index contributed by atoms with van der Waals surface area (Å²) in [6.07, 6.45) is 0.150. The predicted octanol–water partition coefficient (Wildman–Crippen LogP) is 5.09. The fraction of sp³-hybridized carbons (Fsp3) is 0.150. The zero-order chi connectivity index (χ0) is 18.9. The second-order valence-corrected chi connectivity index (χ2v) is 6.14. The van der Waals surface area contributed by atoms with Crippen molar-refractivity contribution in [2.45, 2.75) is 19.0 Å². The van der Waals surface area contributed by atoms with E-state index in [9.17, 15) is 13.2 Å². The van der Waals surface area contributed by atoms with Crippen LogP contribution in [0.1, 0.15) is 17.0 Å². The first kappa shape index (κ1) is 17.2. The van der Waals surface area contributed by atoms with E-state index in [0.717, 1.165) is 34.0 Å². The maximum Gasteiger partial charge on any atom is 0.416 e. The second-order valence-electron chi connectivity index (χ2n) is 6.14. The topological polar surface area (TPSA) is 51.8 Å². The summed E-state index contributed by atoms with van der Waals surface area (Å²) in [5.41, 5.74) is 0.956. The molecule has 0 spiro atoms. The summed E-state index contributed by atoms with van der Waals surface area (Å²) in [4.78, 5) is 8.46. The second kappa shape index (κ2) is 6.83. The fourth-order valence-corrected chi connectivity index (χ4v) is 2.81. The number of hydrogen-bond acceptors (Lipinski definition) is 4. The standard InChI is InChI=1S/C20H14F3N3O/c21-20(22,23)17-6-1-13(2-7-17)3-8-18-25-19(26-27-18)15-4-5-16-12-24-10-9-14(16)11-15/h1-2,4-7,9-12H,3,8H2. The molecule has 2 aromatic carbocycles. The molecule has 4 rings (SSSR count). The third kappa shape index (κ3) is 3.81. The molecule has 0 radical (unpaired) electrons. The van der Waals surface area contributed by atoms with Crippen LogP contribution in [0.3, 0.4) is 0 Å². The number of rotatable bonds is 4. The van der Waals surface area contributed by atoms with Crippen LogP contribution in [-0.2, 0) is 19.0 Å². The molecule has 4 nitrogen and oxygen atoms in total. The first-order valence-corrected chi connectivity index (χ1v) is 8.32. The summed E-state index contributed by atoms with van der Waals surface area (Å²) >= 11 is 0. The van der Waals surface area contributed by atoms with Crippen LogP contribution in [0.25, 0.3) is 22.2 Å². The minimum atomic E-state index is -4.32. The highest BCUT2D eigenvalue weighted by Crippen LogP contribution is 2.29. The van der Waals surface area contributed by atoms with Crippen LogP contribution in [0.15, 0.2) is 65.4 Å². The third-order valence-corrected chi connectivity index (χ3v) is 4.28.